The first kappa shape index (κ1) is 28.2. The number of piperidine rings is 1. The molecule has 1 amide bonds. The number of carbonyl (C=O) groups excluding carboxylic acids is 1. The van der Waals surface area contributed by atoms with Crippen LogP contribution < -0.4 is 10.2 Å². The van der Waals surface area contributed by atoms with Crippen LogP contribution >= 0.6 is 0 Å². The molecular weight excluding hydrogens is 532 g/mol. The Morgan fingerprint density at radius 3 is 2.35 bits per heavy atom. The third-order valence-electron chi connectivity index (χ3n) is 8.54. The van der Waals surface area contributed by atoms with Gasteiger partial charge in [-0.25, -0.2) is 9.50 Å². The molecule has 216 valence electrons. The molecular formula is C36H36N6O. The predicted octanol–water partition coefficient (Wildman–Crippen LogP) is 6.78. The zero-order valence-corrected chi connectivity index (χ0v) is 24.9. The van der Waals surface area contributed by atoms with Crippen molar-refractivity contribution in [1.29, 1.82) is 5.26 Å². The Morgan fingerprint density at radius 2 is 1.70 bits per heavy atom. The van der Waals surface area contributed by atoms with Crippen molar-refractivity contribution in [3.05, 3.63) is 108 Å². The average molecular weight is 569 g/mol. The number of hydrogen-bond acceptors (Lipinski definition) is 5. The van der Waals surface area contributed by atoms with Crippen molar-refractivity contribution in [2.24, 2.45) is 0 Å². The molecule has 0 bridgehead atoms. The number of nitrogens with zero attached hydrogens (tertiary/aromatic N) is 5. The lowest BCUT2D eigenvalue weighted by Crippen LogP contribution is -2.53. The quantitative estimate of drug-likeness (QED) is 0.234. The minimum Gasteiger partial charge on any atom is -0.356 e. The molecule has 1 saturated heterocycles. The zero-order chi connectivity index (χ0) is 30.0. The molecule has 6 rings (SSSR count). The number of rotatable bonds is 7. The van der Waals surface area contributed by atoms with Crippen LogP contribution in [-0.4, -0.2) is 39.1 Å². The SMILES string of the molecule is CC(C)c1ccc(-c2cc(-c3ccc(N4CCC(C)(NC(=O)Cc5ccccc5)CC4)nc3)c3c(C#N)cnn3c2)cc1. The van der Waals surface area contributed by atoms with Gasteiger partial charge in [0.15, 0.2) is 0 Å². The summed E-state index contributed by atoms with van der Waals surface area (Å²) in [7, 11) is 0. The van der Waals surface area contributed by atoms with Gasteiger partial charge in [0.1, 0.15) is 11.9 Å². The largest absolute Gasteiger partial charge is 0.356 e. The van der Waals surface area contributed by atoms with Crippen LogP contribution in [0.25, 0.3) is 27.8 Å². The highest BCUT2D eigenvalue weighted by Crippen LogP contribution is 2.33. The molecule has 43 heavy (non-hydrogen) atoms. The fourth-order valence-electron chi connectivity index (χ4n) is 5.89. The summed E-state index contributed by atoms with van der Waals surface area (Å²) in [6, 6.07) is 27.0. The van der Waals surface area contributed by atoms with Gasteiger partial charge in [-0.05, 0) is 60.6 Å². The Bertz CT molecular complexity index is 1770. The molecule has 1 N–H and O–H groups in total. The Morgan fingerprint density at radius 1 is 0.977 bits per heavy atom. The van der Waals surface area contributed by atoms with Crippen LogP contribution in [-0.2, 0) is 11.2 Å². The van der Waals surface area contributed by atoms with Crippen molar-refractivity contribution >= 4 is 17.2 Å². The molecule has 5 aromatic rings. The van der Waals surface area contributed by atoms with Crippen molar-refractivity contribution in [3.63, 3.8) is 0 Å². The Balaban J connectivity index is 1.20. The van der Waals surface area contributed by atoms with Crippen LogP contribution in [0.5, 0.6) is 0 Å². The summed E-state index contributed by atoms with van der Waals surface area (Å²) >= 11 is 0. The number of fused-ring (bicyclic) bond motifs is 1. The number of amides is 1. The van der Waals surface area contributed by atoms with Crippen LogP contribution in [0.1, 0.15) is 56.2 Å². The van der Waals surface area contributed by atoms with E-state index in [1.165, 1.54) is 5.56 Å². The summed E-state index contributed by atoms with van der Waals surface area (Å²) in [5.74, 6) is 1.44. The summed E-state index contributed by atoms with van der Waals surface area (Å²) in [5, 5.41) is 17.6. The molecule has 0 spiro atoms. The molecule has 0 unspecified atom stereocenters. The number of hydrogen-bond donors (Lipinski definition) is 1. The smallest absolute Gasteiger partial charge is 0.224 e. The summed E-state index contributed by atoms with van der Waals surface area (Å²) in [5.41, 5.74) is 7.37. The number of nitriles is 1. The lowest BCUT2D eigenvalue weighted by molar-refractivity contribution is -0.122. The highest BCUT2D eigenvalue weighted by Gasteiger charge is 2.32. The first-order valence-corrected chi connectivity index (χ1v) is 14.9. The van der Waals surface area contributed by atoms with Gasteiger partial charge in [-0.2, -0.15) is 10.4 Å². The summed E-state index contributed by atoms with van der Waals surface area (Å²) in [6.45, 7) is 8.13. The molecule has 7 nitrogen and oxygen atoms in total. The average Bonchev–Trinajstić information content (AvgIpc) is 3.45. The lowest BCUT2D eigenvalue weighted by atomic mass is 9.89. The van der Waals surface area contributed by atoms with E-state index in [0.717, 1.165) is 65.1 Å². The van der Waals surface area contributed by atoms with Crippen LogP contribution in [0, 0.1) is 11.3 Å². The van der Waals surface area contributed by atoms with Gasteiger partial charge in [0, 0.05) is 47.7 Å². The molecule has 0 atom stereocenters. The number of aromatic nitrogens is 3. The van der Waals surface area contributed by atoms with E-state index in [-0.39, 0.29) is 11.4 Å². The summed E-state index contributed by atoms with van der Waals surface area (Å²) in [6.07, 6.45) is 7.57. The summed E-state index contributed by atoms with van der Waals surface area (Å²) < 4.78 is 1.80. The fraction of sp³-hybridized carbons (Fsp3) is 0.278. The Kier molecular flexibility index (Phi) is 7.69. The van der Waals surface area contributed by atoms with Gasteiger partial charge in [0.25, 0.3) is 0 Å². The molecule has 2 aromatic carbocycles. The van der Waals surface area contributed by atoms with E-state index < -0.39 is 0 Å². The molecule has 1 fully saturated rings. The van der Waals surface area contributed by atoms with E-state index in [4.69, 9.17) is 4.98 Å². The first-order chi connectivity index (χ1) is 20.8. The van der Waals surface area contributed by atoms with Crippen LogP contribution in [0.3, 0.4) is 0 Å². The van der Waals surface area contributed by atoms with Crippen LogP contribution in [0.2, 0.25) is 0 Å². The predicted molar refractivity (Wildman–Crippen MR) is 171 cm³/mol. The lowest BCUT2D eigenvalue weighted by Gasteiger charge is -2.40. The molecule has 0 radical (unpaired) electrons. The topological polar surface area (TPSA) is 86.3 Å². The van der Waals surface area contributed by atoms with Gasteiger partial charge in [-0.15, -0.1) is 0 Å². The maximum absolute atomic E-state index is 12.7. The molecule has 0 saturated carbocycles. The molecule has 1 aliphatic rings. The maximum atomic E-state index is 12.7. The molecule has 1 aliphatic heterocycles. The van der Waals surface area contributed by atoms with Gasteiger partial charge >= 0.3 is 0 Å². The van der Waals surface area contributed by atoms with Crippen molar-refractivity contribution in [1.82, 2.24) is 19.9 Å². The third-order valence-corrected chi connectivity index (χ3v) is 8.54. The summed E-state index contributed by atoms with van der Waals surface area (Å²) in [4.78, 5) is 19.8. The first-order valence-electron chi connectivity index (χ1n) is 14.9. The monoisotopic (exact) mass is 568 g/mol. The van der Waals surface area contributed by atoms with Gasteiger partial charge in [-0.1, -0.05) is 68.4 Å². The zero-order valence-electron chi connectivity index (χ0n) is 24.9. The van der Waals surface area contributed by atoms with Gasteiger partial charge in [-0.3, -0.25) is 4.79 Å². The highest BCUT2D eigenvalue weighted by atomic mass is 16.1. The molecule has 3 aromatic heterocycles. The minimum atomic E-state index is -0.239. The maximum Gasteiger partial charge on any atom is 0.224 e. The van der Waals surface area contributed by atoms with E-state index in [0.29, 0.717) is 17.9 Å². The highest BCUT2D eigenvalue weighted by molar-refractivity contribution is 5.87. The fourth-order valence-corrected chi connectivity index (χ4v) is 5.89. The van der Waals surface area contributed by atoms with Crippen LogP contribution in [0.15, 0.2) is 91.4 Å². The minimum absolute atomic E-state index is 0.0608. The van der Waals surface area contributed by atoms with Gasteiger partial charge < -0.3 is 10.2 Å². The molecule has 7 heteroatoms. The normalized spacial score (nSPS) is 14.5. The van der Waals surface area contributed by atoms with E-state index in [1.807, 2.05) is 42.7 Å². The number of benzene rings is 2. The van der Waals surface area contributed by atoms with Crippen LogP contribution in [0.4, 0.5) is 5.82 Å². The number of pyridine rings is 2. The number of anilines is 1. The van der Waals surface area contributed by atoms with E-state index in [1.54, 1.807) is 10.7 Å². The second-order valence-electron chi connectivity index (χ2n) is 12.0. The van der Waals surface area contributed by atoms with E-state index >= 15 is 0 Å². The standard InChI is InChI=1S/C36H36N6O/c1-25(2)27-9-11-28(12-10-27)30-20-32(35-31(21-37)23-39-42(35)24-30)29-13-14-33(38-22-29)41-17-15-36(3,16-18-41)40-34(43)19-26-7-5-4-6-8-26/h4-14,20,22-25H,15-19H2,1-3H3,(H,40,43). The number of nitrogens with one attached hydrogen (secondary N) is 1. The van der Waals surface area contributed by atoms with Gasteiger partial charge in [0.05, 0.1) is 23.7 Å². The Hall–Kier alpha value is -4.96. The van der Waals surface area contributed by atoms with Crippen molar-refractivity contribution in [3.8, 4) is 28.3 Å². The van der Waals surface area contributed by atoms with Crippen molar-refractivity contribution in [2.45, 2.75) is 51.5 Å². The van der Waals surface area contributed by atoms with Crippen molar-refractivity contribution < 1.29 is 4.79 Å². The third kappa shape index (κ3) is 6.00. The second kappa shape index (κ2) is 11.7. The van der Waals surface area contributed by atoms with E-state index in [9.17, 15) is 10.1 Å². The molecule has 0 aliphatic carbocycles. The second-order valence-corrected chi connectivity index (χ2v) is 12.0. The van der Waals surface area contributed by atoms with Gasteiger partial charge in [0.2, 0.25) is 5.91 Å². The van der Waals surface area contributed by atoms with E-state index in [2.05, 4.69) is 84.6 Å². The van der Waals surface area contributed by atoms with Crippen molar-refractivity contribution in [2.75, 3.05) is 18.0 Å². The Labute approximate surface area is 252 Å². The molecule has 4 heterocycles. The number of carbonyl (C=O) groups is 1.